The Morgan fingerprint density at radius 1 is 0.931 bits per heavy atom. The van der Waals surface area contributed by atoms with Gasteiger partial charge in [-0.2, -0.15) is 0 Å². The summed E-state index contributed by atoms with van der Waals surface area (Å²) in [5.74, 6) is 1.37. The molecular weight excluding hydrogens is 364 g/mol. The fourth-order valence-corrected chi connectivity index (χ4v) is 3.88. The summed E-state index contributed by atoms with van der Waals surface area (Å²) < 4.78 is 11.0. The number of ether oxygens (including phenoxy) is 2. The van der Waals surface area contributed by atoms with Crippen LogP contribution >= 0.6 is 0 Å². The van der Waals surface area contributed by atoms with Gasteiger partial charge in [-0.25, -0.2) is 4.79 Å². The van der Waals surface area contributed by atoms with Crippen molar-refractivity contribution in [1.29, 1.82) is 0 Å². The summed E-state index contributed by atoms with van der Waals surface area (Å²) in [6.45, 7) is 0.612. The van der Waals surface area contributed by atoms with E-state index in [1.165, 1.54) is 5.56 Å². The molecule has 0 aliphatic carbocycles. The zero-order valence-electron chi connectivity index (χ0n) is 16.6. The Labute approximate surface area is 170 Å². The number of rotatable bonds is 4. The largest absolute Gasteiger partial charge is 0.493 e. The zero-order chi connectivity index (χ0) is 20.2. The number of amides is 2. The van der Waals surface area contributed by atoms with Crippen LogP contribution in [0.1, 0.15) is 22.7 Å². The Kier molecular flexibility index (Phi) is 5.38. The Hall–Kier alpha value is -3.47. The maximum atomic E-state index is 13.2. The highest BCUT2D eigenvalue weighted by Crippen LogP contribution is 2.41. The third-order valence-corrected chi connectivity index (χ3v) is 5.27. The second-order valence-corrected chi connectivity index (χ2v) is 6.96. The highest BCUT2D eigenvalue weighted by Gasteiger charge is 2.33. The van der Waals surface area contributed by atoms with Gasteiger partial charge in [0, 0.05) is 12.2 Å². The highest BCUT2D eigenvalue weighted by atomic mass is 16.5. The average Bonchev–Trinajstić information content (AvgIpc) is 2.78. The molecule has 0 saturated carbocycles. The van der Waals surface area contributed by atoms with Crippen LogP contribution in [0.25, 0.3) is 0 Å². The van der Waals surface area contributed by atoms with E-state index in [9.17, 15) is 4.79 Å². The molecular formula is C24H24N2O3. The lowest BCUT2D eigenvalue weighted by atomic mass is 9.88. The molecule has 1 atom stereocenters. The van der Waals surface area contributed by atoms with Gasteiger partial charge in [0.2, 0.25) is 0 Å². The minimum atomic E-state index is -0.205. The van der Waals surface area contributed by atoms with Crippen LogP contribution in [-0.2, 0) is 6.42 Å². The van der Waals surface area contributed by atoms with E-state index in [-0.39, 0.29) is 12.1 Å². The average molecular weight is 388 g/mol. The van der Waals surface area contributed by atoms with Crippen LogP contribution in [0.2, 0.25) is 0 Å². The topological polar surface area (TPSA) is 50.8 Å². The van der Waals surface area contributed by atoms with E-state index in [4.69, 9.17) is 9.47 Å². The lowest BCUT2D eigenvalue weighted by Crippen LogP contribution is -2.43. The van der Waals surface area contributed by atoms with Gasteiger partial charge in [0.25, 0.3) is 0 Å². The van der Waals surface area contributed by atoms with Gasteiger partial charge >= 0.3 is 6.03 Å². The van der Waals surface area contributed by atoms with E-state index in [0.717, 1.165) is 23.2 Å². The van der Waals surface area contributed by atoms with Crippen molar-refractivity contribution in [3.05, 3.63) is 89.5 Å². The standard InChI is InChI=1S/C24H24N2O3/c1-28-21-15-18-13-14-26(24(27)25-19-11-7-4-8-12-19)23(17-9-5-3-6-10-17)20(18)16-22(21)29-2/h3-12,15-16,23H,13-14H2,1-2H3,(H,25,27)/t23-/m0/s1. The van der Waals surface area contributed by atoms with Crippen LogP contribution in [0.15, 0.2) is 72.8 Å². The number of methoxy groups -OCH3 is 2. The fraction of sp³-hybridized carbons (Fsp3) is 0.208. The molecule has 1 N–H and O–H groups in total. The van der Waals surface area contributed by atoms with Crippen molar-refractivity contribution in [2.75, 3.05) is 26.1 Å². The molecule has 0 fully saturated rings. The number of carbonyl (C=O) groups excluding carboxylic acids is 1. The van der Waals surface area contributed by atoms with Crippen molar-refractivity contribution in [2.45, 2.75) is 12.5 Å². The van der Waals surface area contributed by atoms with Crippen LogP contribution in [0, 0.1) is 0 Å². The van der Waals surface area contributed by atoms with Gasteiger partial charge in [0.05, 0.1) is 20.3 Å². The van der Waals surface area contributed by atoms with Crippen LogP contribution < -0.4 is 14.8 Å². The predicted molar refractivity (Wildman–Crippen MR) is 114 cm³/mol. The number of nitrogens with one attached hydrogen (secondary N) is 1. The summed E-state index contributed by atoms with van der Waals surface area (Å²) in [6.07, 6.45) is 0.751. The Balaban J connectivity index is 1.76. The fourth-order valence-electron chi connectivity index (χ4n) is 3.88. The van der Waals surface area contributed by atoms with Gasteiger partial charge in [-0.3, -0.25) is 0 Å². The number of anilines is 1. The summed E-state index contributed by atoms with van der Waals surface area (Å²) in [6, 6.07) is 23.3. The lowest BCUT2D eigenvalue weighted by molar-refractivity contribution is 0.193. The molecule has 0 saturated heterocycles. The van der Waals surface area contributed by atoms with Gasteiger partial charge in [-0.1, -0.05) is 48.5 Å². The summed E-state index contributed by atoms with van der Waals surface area (Å²) in [5, 5.41) is 3.02. The molecule has 0 aromatic heterocycles. The van der Waals surface area contributed by atoms with E-state index in [0.29, 0.717) is 18.0 Å². The smallest absolute Gasteiger partial charge is 0.322 e. The molecule has 1 aliphatic rings. The number of nitrogens with zero attached hydrogens (tertiary/aromatic N) is 1. The van der Waals surface area contributed by atoms with Crippen LogP contribution in [-0.4, -0.2) is 31.7 Å². The van der Waals surface area contributed by atoms with Crippen LogP contribution in [0.5, 0.6) is 11.5 Å². The minimum absolute atomic E-state index is 0.120. The van der Waals surface area contributed by atoms with Gasteiger partial charge in [-0.05, 0) is 47.4 Å². The molecule has 1 heterocycles. The number of hydrogen-bond donors (Lipinski definition) is 1. The molecule has 0 bridgehead atoms. The summed E-state index contributed by atoms with van der Waals surface area (Å²) in [4.78, 5) is 15.1. The number of urea groups is 1. The summed E-state index contributed by atoms with van der Waals surface area (Å²) in [7, 11) is 3.27. The first-order valence-corrected chi connectivity index (χ1v) is 9.63. The third kappa shape index (κ3) is 3.76. The van der Waals surface area contributed by atoms with E-state index in [1.54, 1.807) is 14.2 Å². The van der Waals surface area contributed by atoms with Crippen LogP contribution in [0.4, 0.5) is 10.5 Å². The molecule has 0 spiro atoms. The number of benzene rings is 3. The second-order valence-electron chi connectivity index (χ2n) is 6.96. The van der Waals surface area contributed by atoms with Crippen molar-refractivity contribution >= 4 is 11.7 Å². The summed E-state index contributed by atoms with van der Waals surface area (Å²) in [5.41, 5.74) is 4.06. The molecule has 148 valence electrons. The molecule has 3 aromatic carbocycles. The Morgan fingerprint density at radius 2 is 1.55 bits per heavy atom. The molecule has 3 aromatic rings. The number of para-hydroxylation sites is 1. The maximum Gasteiger partial charge on any atom is 0.322 e. The van der Waals surface area contributed by atoms with Crippen molar-refractivity contribution < 1.29 is 14.3 Å². The molecule has 29 heavy (non-hydrogen) atoms. The van der Waals surface area contributed by atoms with Crippen molar-refractivity contribution in [2.24, 2.45) is 0 Å². The molecule has 0 unspecified atom stereocenters. The van der Waals surface area contributed by atoms with Crippen molar-refractivity contribution in [1.82, 2.24) is 4.90 Å². The van der Waals surface area contributed by atoms with Crippen LogP contribution in [0.3, 0.4) is 0 Å². The van der Waals surface area contributed by atoms with E-state index < -0.39 is 0 Å². The third-order valence-electron chi connectivity index (χ3n) is 5.27. The quantitative estimate of drug-likeness (QED) is 0.693. The Morgan fingerprint density at radius 3 is 2.21 bits per heavy atom. The SMILES string of the molecule is COc1cc2c(cc1OC)[C@H](c1ccccc1)N(C(=O)Nc1ccccc1)CC2. The van der Waals surface area contributed by atoms with Crippen molar-refractivity contribution in [3.63, 3.8) is 0 Å². The minimum Gasteiger partial charge on any atom is -0.493 e. The number of fused-ring (bicyclic) bond motifs is 1. The molecule has 5 nitrogen and oxygen atoms in total. The van der Waals surface area contributed by atoms with E-state index >= 15 is 0 Å². The highest BCUT2D eigenvalue weighted by molar-refractivity contribution is 5.90. The number of hydrogen-bond acceptors (Lipinski definition) is 3. The summed E-state index contributed by atoms with van der Waals surface area (Å²) >= 11 is 0. The Bertz CT molecular complexity index is 990. The van der Waals surface area contributed by atoms with E-state index in [2.05, 4.69) is 17.4 Å². The van der Waals surface area contributed by atoms with Crippen molar-refractivity contribution in [3.8, 4) is 11.5 Å². The van der Waals surface area contributed by atoms with Gasteiger partial charge in [0.15, 0.2) is 11.5 Å². The molecule has 2 amide bonds. The second kappa shape index (κ2) is 8.27. The first-order chi connectivity index (χ1) is 14.2. The van der Waals surface area contributed by atoms with E-state index in [1.807, 2.05) is 65.6 Å². The van der Waals surface area contributed by atoms with Gasteiger partial charge in [0.1, 0.15) is 0 Å². The monoisotopic (exact) mass is 388 g/mol. The first kappa shape index (κ1) is 18.9. The normalized spacial score (nSPS) is 15.4. The maximum absolute atomic E-state index is 13.2. The van der Waals surface area contributed by atoms with Gasteiger partial charge in [-0.15, -0.1) is 0 Å². The molecule has 5 heteroatoms. The molecule has 0 radical (unpaired) electrons. The zero-order valence-corrected chi connectivity index (χ0v) is 16.6. The molecule has 4 rings (SSSR count). The van der Waals surface area contributed by atoms with Gasteiger partial charge < -0.3 is 19.7 Å². The lowest BCUT2D eigenvalue weighted by Gasteiger charge is -2.38. The molecule has 1 aliphatic heterocycles. The number of carbonyl (C=O) groups is 1. The first-order valence-electron chi connectivity index (χ1n) is 9.63. The predicted octanol–water partition coefficient (Wildman–Crippen LogP) is 4.88.